The van der Waals surface area contributed by atoms with Gasteiger partial charge in [0.1, 0.15) is 23.9 Å². The number of rotatable bonds is 13. The fourth-order valence-corrected chi connectivity index (χ4v) is 4.44. The van der Waals surface area contributed by atoms with Gasteiger partial charge in [-0.15, -0.1) is 0 Å². The number of hydrogen-bond donors (Lipinski definition) is 1. The van der Waals surface area contributed by atoms with Gasteiger partial charge in [0.2, 0.25) is 0 Å². The summed E-state index contributed by atoms with van der Waals surface area (Å²) in [5.41, 5.74) is 2.49. The number of carbonyl (C=O) groups is 2. The molecule has 0 fully saturated rings. The molecule has 0 heterocycles. The van der Waals surface area contributed by atoms with Crippen LogP contribution in [-0.2, 0) is 31.8 Å². The van der Waals surface area contributed by atoms with Crippen molar-refractivity contribution in [3.8, 4) is 17.2 Å². The lowest BCUT2D eigenvalue weighted by atomic mass is 9.87. The number of ether oxygens (including phenoxy) is 5. The van der Waals surface area contributed by atoms with Gasteiger partial charge in [0.15, 0.2) is 0 Å². The van der Waals surface area contributed by atoms with E-state index in [9.17, 15) is 9.59 Å². The number of hydrogen-bond acceptors (Lipinski definition) is 7. The first kappa shape index (κ1) is 28.1. The van der Waals surface area contributed by atoms with Crippen LogP contribution in [0.3, 0.4) is 0 Å². The van der Waals surface area contributed by atoms with Crippen LogP contribution < -0.4 is 14.8 Å². The molecular formula is C31H35NO7. The third-order valence-corrected chi connectivity index (χ3v) is 6.29. The molecule has 8 nitrogen and oxygen atoms in total. The predicted molar refractivity (Wildman–Crippen MR) is 149 cm³/mol. The number of nitrogens with one attached hydrogen (secondary N) is 1. The fraction of sp³-hybridized carbons (Fsp3) is 0.355. The van der Waals surface area contributed by atoms with Crippen molar-refractivity contribution in [1.82, 2.24) is 5.32 Å². The molecule has 4 rings (SSSR count). The van der Waals surface area contributed by atoms with Crippen LogP contribution in [0.2, 0.25) is 0 Å². The molecule has 0 bridgehead atoms. The zero-order valence-electron chi connectivity index (χ0n) is 22.3. The Balaban J connectivity index is 1.31. The second kappa shape index (κ2) is 14.3. The van der Waals surface area contributed by atoms with Crippen molar-refractivity contribution in [3.63, 3.8) is 0 Å². The van der Waals surface area contributed by atoms with Crippen LogP contribution in [0, 0.1) is 0 Å². The van der Waals surface area contributed by atoms with Gasteiger partial charge in [0, 0.05) is 34.0 Å². The zero-order chi connectivity index (χ0) is 27.5. The maximum atomic E-state index is 12.7. The van der Waals surface area contributed by atoms with Crippen LogP contribution in [0.25, 0.3) is 10.8 Å². The van der Waals surface area contributed by atoms with E-state index in [0.29, 0.717) is 37.7 Å². The summed E-state index contributed by atoms with van der Waals surface area (Å²) in [6, 6.07) is 17.6. The summed E-state index contributed by atoms with van der Waals surface area (Å²) in [7, 11) is 0. The third-order valence-electron chi connectivity index (χ3n) is 6.29. The molecule has 39 heavy (non-hydrogen) atoms. The monoisotopic (exact) mass is 533 g/mol. The molecule has 1 amide bonds. The lowest BCUT2D eigenvalue weighted by Crippen LogP contribution is -2.31. The first-order chi connectivity index (χ1) is 19.0. The second-order valence-corrected chi connectivity index (χ2v) is 9.24. The van der Waals surface area contributed by atoms with E-state index in [-0.39, 0.29) is 13.2 Å². The molecular weight excluding hydrogens is 498 g/mol. The first-order valence-corrected chi connectivity index (χ1v) is 13.3. The topological polar surface area (TPSA) is 92.3 Å². The molecule has 0 radical (unpaired) electrons. The van der Waals surface area contributed by atoms with Gasteiger partial charge in [-0.05, 0) is 44.7 Å². The minimum atomic E-state index is -0.524. The van der Waals surface area contributed by atoms with Gasteiger partial charge in [-0.1, -0.05) is 49.0 Å². The van der Waals surface area contributed by atoms with Crippen LogP contribution in [0.1, 0.15) is 30.9 Å². The largest absolute Gasteiger partial charge is 0.460 e. The predicted octanol–water partition coefficient (Wildman–Crippen LogP) is 5.75. The lowest BCUT2D eigenvalue weighted by Gasteiger charge is -2.25. The Kier molecular flexibility index (Phi) is 10.3. The van der Waals surface area contributed by atoms with Crippen molar-refractivity contribution < 1.29 is 33.3 Å². The summed E-state index contributed by atoms with van der Waals surface area (Å²) in [5, 5.41) is 4.54. The molecule has 0 spiro atoms. The molecule has 1 aliphatic carbocycles. The minimum Gasteiger partial charge on any atom is -0.460 e. The van der Waals surface area contributed by atoms with E-state index in [2.05, 4.69) is 11.9 Å². The second-order valence-electron chi connectivity index (χ2n) is 9.24. The maximum Gasteiger partial charge on any atom is 0.412 e. The molecule has 3 aromatic carbocycles. The van der Waals surface area contributed by atoms with Gasteiger partial charge in [0.05, 0.1) is 26.4 Å². The highest BCUT2D eigenvalue weighted by Crippen LogP contribution is 2.45. The van der Waals surface area contributed by atoms with Crippen molar-refractivity contribution in [1.29, 1.82) is 0 Å². The SMILES string of the molecule is C=C(C)C(=O)OCCOCCOCCNC(=O)Oc1c2c(c(Oc3ccccc3)c3ccccc13)CCCC2. The van der Waals surface area contributed by atoms with Crippen molar-refractivity contribution in [2.75, 3.05) is 39.6 Å². The Morgan fingerprint density at radius 1 is 0.795 bits per heavy atom. The van der Waals surface area contributed by atoms with E-state index in [4.69, 9.17) is 23.7 Å². The lowest BCUT2D eigenvalue weighted by molar-refractivity contribution is -0.140. The minimum absolute atomic E-state index is 0.164. The number of amides is 1. The quantitative estimate of drug-likeness (QED) is 0.170. The summed E-state index contributed by atoms with van der Waals surface area (Å²) in [4.78, 5) is 24.0. The number of benzene rings is 3. The van der Waals surface area contributed by atoms with Gasteiger partial charge in [-0.3, -0.25) is 0 Å². The smallest absolute Gasteiger partial charge is 0.412 e. The standard InChI is InChI=1S/C31H35NO7/c1-22(2)30(33)37-21-20-36-19-18-35-17-16-32-31(34)39-29-26-14-8-6-12-24(26)28(25-13-7-9-15-27(25)29)38-23-10-4-3-5-11-23/h3-6,8,10-12,14H,1,7,9,13,15-21H2,2H3,(H,32,34). The van der Waals surface area contributed by atoms with Crippen LogP contribution in [-0.4, -0.2) is 51.6 Å². The van der Waals surface area contributed by atoms with Crippen LogP contribution in [0.15, 0.2) is 66.7 Å². The number of esters is 1. The summed E-state index contributed by atoms with van der Waals surface area (Å²) in [6.45, 7) is 6.86. The molecule has 1 N–H and O–H groups in total. The molecule has 0 atom stereocenters. The average Bonchev–Trinajstić information content (AvgIpc) is 2.96. The highest BCUT2D eigenvalue weighted by Gasteiger charge is 2.25. The molecule has 0 saturated carbocycles. The normalized spacial score (nSPS) is 12.4. The van der Waals surface area contributed by atoms with Gasteiger partial charge in [-0.25, -0.2) is 9.59 Å². The third kappa shape index (κ3) is 7.81. The van der Waals surface area contributed by atoms with Gasteiger partial charge >= 0.3 is 12.1 Å². The van der Waals surface area contributed by atoms with E-state index in [1.54, 1.807) is 6.92 Å². The molecule has 0 unspecified atom stereocenters. The summed E-state index contributed by atoms with van der Waals surface area (Å²) >= 11 is 0. The number of carbonyl (C=O) groups excluding carboxylic acids is 2. The molecule has 3 aromatic rings. The Labute approximate surface area is 228 Å². The molecule has 0 aromatic heterocycles. The Morgan fingerprint density at radius 2 is 1.38 bits per heavy atom. The van der Waals surface area contributed by atoms with E-state index < -0.39 is 12.1 Å². The molecule has 206 valence electrons. The number of fused-ring (bicyclic) bond motifs is 2. The maximum absolute atomic E-state index is 12.7. The molecule has 0 aliphatic heterocycles. The fourth-order valence-electron chi connectivity index (χ4n) is 4.44. The summed E-state index contributed by atoms with van der Waals surface area (Å²) < 4.78 is 28.1. The molecule has 8 heteroatoms. The van der Waals surface area contributed by atoms with Crippen LogP contribution >= 0.6 is 0 Å². The van der Waals surface area contributed by atoms with E-state index in [1.807, 2.05) is 54.6 Å². The average molecular weight is 534 g/mol. The first-order valence-electron chi connectivity index (χ1n) is 13.3. The summed E-state index contributed by atoms with van der Waals surface area (Å²) in [6.07, 6.45) is 3.25. The van der Waals surface area contributed by atoms with Crippen molar-refractivity contribution in [2.24, 2.45) is 0 Å². The summed E-state index contributed by atoms with van der Waals surface area (Å²) in [5.74, 6) is 1.78. The van der Waals surface area contributed by atoms with Gasteiger partial charge < -0.3 is 29.0 Å². The van der Waals surface area contributed by atoms with E-state index >= 15 is 0 Å². The highest BCUT2D eigenvalue weighted by molar-refractivity contribution is 5.97. The van der Waals surface area contributed by atoms with Gasteiger partial charge in [-0.2, -0.15) is 0 Å². The van der Waals surface area contributed by atoms with E-state index in [0.717, 1.165) is 59.1 Å². The van der Waals surface area contributed by atoms with Gasteiger partial charge in [0.25, 0.3) is 0 Å². The molecule has 1 aliphatic rings. The number of para-hydroxylation sites is 1. The van der Waals surface area contributed by atoms with Crippen molar-refractivity contribution in [2.45, 2.75) is 32.6 Å². The Hall–Kier alpha value is -3.88. The van der Waals surface area contributed by atoms with E-state index in [1.165, 1.54) is 0 Å². The van der Waals surface area contributed by atoms with Crippen molar-refractivity contribution in [3.05, 3.63) is 77.9 Å². The van der Waals surface area contributed by atoms with Crippen LogP contribution in [0.4, 0.5) is 4.79 Å². The van der Waals surface area contributed by atoms with Crippen molar-refractivity contribution >= 4 is 22.8 Å². The highest BCUT2D eigenvalue weighted by atomic mass is 16.6. The zero-order valence-corrected chi connectivity index (χ0v) is 22.3. The Bertz CT molecular complexity index is 1290. The van der Waals surface area contributed by atoms with Crippen LogP contribution in [0.5, 0.6) is 17.2 Å². The Morgan fingerprint density at radius 3 is 2.08 bits per heavy atom. The molecule has 0 saturated heterocycles.